The molecule has 6 unspecified atom stereocenters. The molecule has 165 valence electrons. The van der Waals surface area contributed by atoms with E-state index in [0.717, 1.165) is 21.4 Å². The van der Waals surface area contributed by atoms with E-state index < -0.39 is 26.8 Å². The molecule has 2 fully saturated rings. The monoisotopic (exact) mass is 515 g/mol. The molecule has 0 saturated heterocycles. The van der Waals surface area contributed by atoms with Gasteiger partial charge in [-0.2, -0.15) is 0 Å². The molecule has 0 nitrogen and oxygen atoms in total. The summed E-state index contributed by atoms with van der Waals surface area (Å²) in [7, 11) is 0. The van der Waals surface area contributed by atoms with Crippen LogP contribution in [0, 0.1) is 23.7 Å². The molecule has 1 aromatic carbocycles. The Kier molecular flexibility index (Phi) is 6.73. The van der Waals surface area contributed by atoms with Crippen LogP contribution in [0.4, 0.5) is 0 Å². The summed E-state index contributed by atoms with van der Waals surface area (Å²) in [6.45, 7) is 9.65. The molecule has 1 aromatic rings. The van der Waals surface area contributed by atoms with Crippen molar-refractivity contribution in [1.29, 1.82) is 0 Å². The zero-order chi connectivity index (χ0) is 22.1. The Labute approximate surface area is 203 Å². The van der Waals surface area contributed by atoms with Gasteiger partial charge >= 0.3 is 205 Å². The first-order chi connectivity index (χ1) is 15.7. The fourth-order valence-electron chi connectivity index (χ4n) is 7.66. The van der Waals surface area contributed by atoms with Crippen molar-refractivity contribution < 1.29 is 20.9 Å². The van der Waals surface area contributed by atoms with Crippen LogP contribution in [0.15, 0.2) is 97.7 Å². The third kappa shape index (κ3) is 3.76. The molecule has 4 aliphatic carbocycles. The van der Waals surface area contributed by atoms with E-state index in [1.807, 2.05) is 0 Å². The molecule has 0 spiro atoms. The first kappa shape index (κ1) is 22.5. The third-order valence-corrected chi connectivity index (χ3v) is 32.9. The predicted octanol–water partition coefficient (Wildman–Crippen LogP) is 8.11. The first-order valence-electron chi connectivity index (χ1n) is 12.6. The van der Waals surface area contributed by atoms with Crippen LogP contribution in [0.5, 0.6) is 0 Å². The minimum atomic E-state index is -1.94. The van der Waals surface area contributed by atoms with Gasteiger partial charge in [-0.05, 0) is 0 Å². The number of hydrogen-bond donors (Lipinski definition) is 0. The summed E-state index contributed by atoms with van der Waals surface area (Å²) in [6.07, 6.45) is 29.8. The van der Waals surface area contributed by atoms with Gasteiger partial charge in [0.2, 0.25) is 0 Å². The molecule has 0 N–H and O–H groups in total. The number of hydrogen-bond acceptors (Lipinski definition) is 0. The van der Waals surface area contributed by atoms with Gasteiger partial charge in [0.25, 0.3) is 0 Å². The van der Waals surface area contributed by atoms with E-state index in [2.05, 4.69) is 111 Å². The SMILES string of the molecule is C=CC=C(c1ccccc1)[C]1([Zr]([CH]2CCC3C=CC=CC32)[SiH](C)C)CCC2C=CC=CC21. The first-order valence-corrected chi connectivity index (χ1v) is 22.4. The molecule has 6 atom stereocenters. The standard InChI is InChI=1S/C19H19.C9H11.C2H7Si.Zr/c1-2-8-17(15-9-4-3-5-10-15)19-14-13-16-11-6-7-12-18(16)19;1-2-5-9-7-3-6-8(9)4-1;1-3-2;/h2-12,16,18H,1,13-14H2;1-2,4-6,8-9H,3,7H2;3H,1-2H3;. The molecule has 32 heavy (non-hydrogen) atoms. The van der Waals surface area contributed by atoms with Crippen molar-refractivity contribution in [3.8, 4) is 0 Å². The van der Waals surface area contributed by atoms with Crippen molar-refractivity contribution in [2.24, 2.45) is 23.7 Å². The normalized spacial score (nSPS) is 35.2. The van der Waals surface area contributed by atoms with Crippen LogP contribution in [0.25, 0.3) is 5.57 Å². The minimum absolute atomic E-state index is 0.401. The van der Waals surface area contributed by atoms with Crippen molar-refractivity contribution >= 4 is 11.5 Å². The van der Waals surface area contributed by atoms with Gasteiger partial charge in [0.05, 0.1) is 0 Å². The summed E-state index contributed by atoms with van der Waals surface area (Å²) in [5.41, 5.74) is 3.10. The van der Waals surface area contributed by atoms with Gasteiger partial charge in [-0.1, -0.05) is 0 Å². The zero-order valence-electron chi connectivity index (χ0n) is 19.7. The van der Waals surface area contributed by atoms with E-state index in [1.165, 1.54) is 31.2 Å². The van der Waals surface area contributed by atoms with E-state index in [4.69, 9.17) is 0 Å². The van der Waals surface area contributed by atoms with Gasteiger partial charge in [0, 0.05) is 0 Å². The second-order valence-corrected chi connectivity index (χ2v) is 31.2. The Morgan fingerprint density at radius 2 is 1.66 bits per heavy atom. The van der Waals surface area contributed by atoms with Crippen LogP contribution in [0.1, 0.15) is 31.2 Å². The average molecular weight is 517 g/mol. The Morgan fingerprint density at radius 1 is 0.938 bits per heavy atom. The Hall–Kier alpha value is -1.24. The fraction of sp³-hybridized carbons (Fsp3) is 0.400. The Morgan fingerprint density at radius 3 is 2.41 bits per heavy atom. The summed E-state index contributed by atoms with van der Waals surface area (Å²) in [6, 6.07) is 11.4. The number of fused-ring (bicyclic) bond motifs is 2. The summed E-state index contributed by atoms with van der Waals surface area (Å²) in [4.78, 5) is 0. The van der Waals surface area contributed by atoms with Gasteiger partial charge in [-0.3, -0.25) is 0 Å². The molecule has 0 radical (unpaired) electrons. The number of allylic oxidation sites excluding steroid dienone is 11. The maximum absolute atomic E-state index is 4.20. The van der Waals surface area contributed by atoms with Gasteiger partial charge < -0.3 is 0 Å². The zero-order valence-corrected chi connectivity index (χ0v) is 23.3. The second kappa shape index (κ2) is 9.55. The molecule has 2 saturated carbocycles. The quantitative estimate of drug-likeness (QED) is 0.265. The van der Waals surface area contributed by atoms with Crippen molar-refractivity contribution in [2.45, 2.75) is 45.5 Å². The third-order valence-electron chi connectivity index (χ3n) is 8.65. The number of rotatable bonds is 6. The molecule has 0 bridgehead atoms. The van der Waals surface area contributed by atoms with Crippen LogP contribution in [0.3, 0.4) is 0 Å². The molecule has 5 rings (SSSR count). The van der Waals surface area contributed by atoms with Crippen LogP contribution in [-0.4, -0.2) is 5.92 Å². The molecule has 0 amide bonds. The van der Waals surface area contributed by atoms with E-state index in [9.17, 15) is 0 Å². The van der Waals surface area contributed by atoms with Crippen LogP contribution in [0.2, 0.25) is 19.8 Å². The van der Waals surface area contributed by atoms with Gasteiger partial charge in [-0.15, -0.1) is 0 Å². The Bertz CT molecular complexity index is 981. The van der Waals surface area contributed by atoms with Crippen molar-refractivity contribution in [3.05, 3.63) is 103 Å². The average Bonchev–Trinajstić information content (AvgIpc) is 3.41. The maximum atomic E-state index is 4.20. The van der Waals surface area contributed by atoms with Gasteiger partial charge in [0.15, 0.2) is 0 Å². The Balaban J connectivity index is 1.69. The summed E-state index contributed by atoms with van der Waals surface area (Å²) in [5, 5.41) is 0. The van der Waals surface area contributed by atoms with Crippen LogP contribution < -0.4 is 0 Å². The van der Waals surface area contributed by atoms with Crippen molar-refractivity contribution in [3.63, 3.8) is 0 Å². The topological polar surface area (TPSA) is 0 Å². The van der Waals surface area contributed by atoms with E-state index >= 15 is 0 Å². The van der Waals surface area contributed by atoms with Gasteiger partial charge in [-0.25, -0.2) is 0 Å². The number of benzene rings is 1. The molecule has 0 heterocycles. The summed E-state index contributed by atoms with van der Waals surface area (Å²) < 4.78 is 1.39. The van der Waals surface area contributed by atoms with Crippen molar-refractivity contribution in [1.82, 2.24) is 0 Å². The molecule has 0 aromatic heterocycles. The molecular weight excluding hydrogens is 480 g/mol. The molecule has 0 aliphatic heterocycles. The van der Waals surface area contributed by atoms with E-state index in [-0.39, 0.29) is 0 Å². The summed E-state index contributed by atoms with van der Waals surface area (Å²) in [5.74, 6) is 2.22. The molecular formula is C30H37SiZr. The molecule has 2 heteroatoms. The second-order valence-electron chi connectivity index (χ2n) is 10.5. The predicted molar refractivity (Wildman–Crippen MR) is 139 cm³/mol. The summed E-state index contributed by atoms with van der Waals surface area (Å²) >= 11 is -1.94. The fourth-order valence-corrected chi connectivity index (χ4v) is 37.5. The van der Waals surface area contributed by atoms with Gasteiger partial charge in [0.1, 0.15) is 0 Å². The van der Waals surface area contributed by atoms with Crippen molar-refractivity contribution in [2.75, 3.05) is 0 Å². The van der Waals surface area contributed by atoms with Crippen LogP contribution >= 0.6 is 0 Å². The van der Waals surface area contributed by atoms with E-state index in [0.29, 0.717) is 9.04 Å². The molecule has 4 aliphatic rings. The van der Waals surface area contributed by atoms with Crippen LogP contribution in [-0.2, 0) is 20.9 Å². The van der Waals surface area contributed by atoms with E-state index in [1.54, 1.807) is 5.57 Å².